The number of amides is 2. The lowest BCUT2D eigenvalue weighted by atomic mass is 10.1. The van der Waals surface area contributed by atoms with Crippen LogP contribution in [0.15, 0.2) is 42.5 Å². The maximum absolute atomic E-state index is 14.2. The predicted octanol–water partition coefficient (Wildman–Crippen LogP) is 2.96. The van der Waals surface area contributed by atoms with Crippen molar-refractivity contribution in [2.75, 3.05) is 48.0 Å². The van der Waals surface area contributed by atoms with Gasteiger partial charge in [-0.1, -0.05) is 6.07 Å². The molecule has 7 heteroatoms. The minimum Gasteiger partial charge on any atom is -0.378 e. The molecule has 2 saturated heterocycles. The van der Waals surface area contributed by atoms with E-state index < -0.39 is 11.7 Å². The number of benzene rings is 2. The maximum Gasteiger partial charge on any atom is 0.229 e. The molecular formula is C22H24FN3O3. The van der Waals surface area contributed by atoms with E-state index in [0.29, 0.717) is 18.9 Å². The standard InChI is InChI=1S/C22H24FN3O3/c1-15-2-7-20(19(23)12-15)26-14-16(13-21(26)27)22(28)24-17-3-5-18(6-4-17)25-8-10-29-11-9-25/h2-7,12,16H,8-11,13-14H2,1H3,(H,24,28). The SMILES string of the molecule is Cc1ccc(N2CC(C(=O)Nc3ccc(N4CCOCC4)cc3)CC2=O)c(F)c1. The fourth-order valence-corrected chi connectivity index (χ4v) is 3.77. The van der Waals surface area contributed by atoms with Crippen molar-refractivity contribution in [1.82, 2.24) is 0 Å². The molecule has 2 amide bonds. The minimum atomic E-state index is -0.512. The first-order chi connectivity index (χ1) is 14.0. The normalized spacial score (nSPS) is 19.5. The highest BCUT2D eigenvalue weighted by Crippen LogP contribution is 2.29. The van der Waals surface area contributed by atoms with Gasteiger partial charge in [-0.3, -0.25) is 9.59 Å². The molecule has 0 aromatic heterocycles. The minimum absolute atomic E-state index is 0.0744. The van der Waals surface area contributed by atoms with Crippen molar-refractivity contribution in [3.8, 4) is 0 Å². The number of ether oxygens (including phenoxy) is 1. The Morgan fingerprint density at radius 3 is 2.55 bits per heavy atom. The lowest BCUT2D eigenvalue weighted by molar-refractivity contribution is -0.122. The van der Waals surface area contributed by atoms with Gasteiger partial charge in [0, 0.05) is 37.4 Å². The molecule has 0 spiro atoms. The highest BCUT2D eigenvalue weighted by molar-refractivity contribution is 6.03. The van der Waals surface area contributed by atoms with Gasteiger partial charge in [-0.2, -0.15) is 0 Å². The molecule has 0 bridgehead atoms. The highest BCUT2D eigenvalue weighted by atomic mass is 19.1. The first kappa shape index (κ1) is 19.4. The predicted molar refractivity (Wildman–Crippen MR) is 110 cm³/mol. The van der Waals surface area contributed by atoms with E-state index in [0.717, 1.165) is 24.3 Å². The highest BCUT2D eigenvalue weighted by Gasteiger charge is 2.36. The number of nitrogens with zero attached hydrogens (tertiary/aromatic N) is 2. The molecule has 29 heavy (non-hydrogen) atoms. The van der Waals surface area contributed by atoms with Gasteiger partial charge < -0.3 is 19.9 Å². The van der Waals surface area contributed by atoms with E-state index in [1.807, 2.05) is 24.3 Å². The first-order valence-corrected chi connectivity index (χ1v) is 9.81. The summed E-state index contributed by atoms with van der Waals surface area (Å²) in [6.45, 7) is 5.09. The third kappa shape index (κ3) is 4.24. The Morgan fingerprint density at radius 2 is 1.86 bits per heavy atom. The van der Waals surface area contributed by atoms with Crippen molar-refractivity contribution in [2.45, 2.75) is 13.3 Å². The number of hydrogen-bond acceptors (Lipinski definition) is 4. The van der Waals surface area contributed by atoms with Gasteiger partial charge >= 0.3 is 0 Å². The summed E-state index contributed by atoms with van der Waals surface area (Å²) >= 11 is 0. The molecule has 2 aromatic rings. The fourth-order valence-electron chi connectivity index (χ4n) is 3.77. The fraction of sp³-hybridized carbons (Fsp3) is 0.364. The van der Waals surface area contributed by atoms with Crippen molar-refractivity contribution in [3.63, 3.8) is 0 Å². The third-order valence-electron chi connectivity index (χ3n) is 5.40. The molecule has 0 aliphatic carbocycles. The molecule has 2 aliphatic heterocycles. The summed E-state index contributed by atoms with van der Waals surface area (Å²) in [6.07, 6.45) is 0.0744. The molecule has 4 rings (SSSR count). The van der Waals surface area contributed by atoms with Gasteiger partial charge in [-0.05, 0) is 48.9 Å². The van der Waals surface area contributed by atoms with Crippen molar-refractivity contribution in [3.05, 3.63) is 53.8 Å². The summed E-state index contributed by atoms with van der Waals surface area (Å²) < 4.78 is 19.6. The van der Waals surface area contributed by atoms with Crippen molar-refractivity contribution in [2.24, 2.45) is 5.92 Å². The van der Waals surface area contributed by atoms with Gasteiger partial charge in [0.25, 0.3) is 0 Å². The Labute approximate surface area is 169 Å². The number of carbonyl (C=O) groups excluding carboxylic acids is 2. The lowest BCUT2D eigenvalue weighted by Crippen LogP contribution is -2.36. The summed E-state index contributed by atoms with van der Waals surface area (Å²) in [5, 5.41) is 2.88. The topological polar surface area (TPSA) is 61.9 Å². The largest absolute Gasteiger partial charge is 0.378 e. The van der Waals surface area contributed by atoms with E-state index in [4.69, 9.17) is 4.74 Å². The summed E-state index contributed by atoms with van der Waals surface area (Å²) in [6, 6.07) is 12.4. The van der Waals surface area contributed by atoms with Crippen LogP contribution in [0.25, 0.3) is 0 Å². The van der Waals surface area contributed by atoms with Crippen molar-refractivity contribution >= 4 is 28.9 Å². The smallest absolute Gasteiger partial charge is 0.229 e. The van der Waals surface area contributed by atoms with Crippen LogP contribution in [0, 0.1) is 18.7 Å². The first-order valence-electron chi connectivity index (χ1n) is 9.81. The molecule has 2 heterocycles. The molecule has 1 atom stereocenters. The van der Waals surface area contributed by atoms with Crippen molar-refractivity contribution in [1.29, 1.82) is 0 Å². The average Bonchev–Trinajstić information content (AvgIpc) is 3.11. The Kier molecular flexibility index (Phi) is 5.49. The van der Waals surface area contributed by atoms with Gasteiger partial charge in [-0.15, -0.1) is 0 Å². The molecule has 0 saturated carbocycles. The van der Waals surface area contributed by atoms with Crippen LogP contribution in [0.1, 0.15) is 12.0 Å². The average molecular weight is 397 g/mol. The van der Waals surface area contributed by atoms with Crippen LogP contribution in [0.4, 0.5) is 21.5 Å². The zero-order valence-corrected chi connectivity index (χ0v) is 16.4. The van der Waals surface area contributed by atoms with Crippen LogP contribution in [0.3, 0.4) is 0 Å². The molecule has 6 nitrogen and oxygen atoms in total. The summed E-state index contributed by atoms with van der Waals surface area (Å²) in [5.74, 6) is -1.43. The summed E-state index contributed by atoms with van der Waals surface area (Å²) in [5.41, 5.74) is 2.78. The van der Waals surface area contributed by atoms with Crippen LogP contribution >= 0.6 is 0 Å². The van der Waals surface area contributed by atoms with Gasteiger partial charge in [0.2, 0.25) is 11.8 Å². The Hall–Kier alpha value is -2.93. The quantitative estimate of drug-likeness (QED) is 0.862. The monoisotopic (exact) mass is 397 g/mol. The van der Waals surface area contributed by atoms with Crippen molar-refractivity contribution < 1.29 is 18.7 Å². The number of anilines is 3. The number of hydrogen-bond donors (Lipinski definition) is 1. The number of morpholine rings is 1. The van der Waals surface area contributed by atoms with Crippen LogP contribution in [0.5, 0.6) is 0 Å². The van der Waals surface area contributed by atoms with E-state index in [2.05, 4.69) is 10.2 Å². The van der Waals surface area contributed by atoms with E-state index in [-0.39, 0.29) is 30.5 Å². The Bertz CT molecular complexity index is 910. The van der Waals surface area contributed by atoms with E-state index in [9.17, 15) is 14.0 Å². The number of nitrogens with one attached hydrogen (secondary N) is 1. The Balaban J connectivity index is 1.39. The molecule has 2 aromatic carbocycles. The van der Waals surface area contributed by atoms with Gasteiger partial charge in [0.15, 0.2) is 0 Å². The van der Waals surface area contributed by atoms with Gasteiger partial charge in [0.1, 0.15) is 5.82 Å². The Morgan fingerprint density at radius 1 is 1.14 bits per heavy atom. The van der Waals surface area contributed by atoms with Crippen LogP contribution in [-0.2, 0) is 14.3 Å². The maximum atomic E-state index is 14.2. The molecule has 1 N–H and O–H groups in total. The molecule has 2 fully saturated rings. The number of carbonyl (C=O) groups is 2. The summed E-state index contributed by atoms with van der Waals surface area (Å²) in [7, 11) is 0. The van der Waals surface area contributed by atoms with Crippen LogP contribution in [-0.4, -0.2) is 44.7 Å². The second-order valence-corrected chi connectivity index (χ2v) is 7.50. The van der Waals surface area contributed by atoms with Gasteiger partial charge in [-0.25, -0.2) is 4.39 Å². The van der Waals surface area contributed by atoms with Crippen LogP contribution < -0.4 is 15.1 Å². The number of halogens is 1. The molecule has 152 valence electrons. The zero-order valence-electron chi connectivity index (χ0n) is 16.4. The van der Waals surface area contributed by atoms with E-state index in [1.165, 1.54) is 11.0 Å². The molecule has 1 unspecified atom stereocenters. The molecule has 2 aliphatic rings. The summed E-state index contributed by atoms with van der Waals surface area (Å²) in [4.78, 5) is 28.6. The lowest BCUT2D eigenvalue weighted by Gasteiger charge is -2.28. The third-order valence-corrected chi connectivity index (χ3v) is 5.40. The molecular weight excluding hydrogens is 373 g/mol. The van der Waals surface area contributed by atoms with E-state index in [1.54, 1.807) is 19.1 Å². The van der Waals surface area contributed by atoms with E-state index >= 15 is 0 Å². The van der Waals surface area contributed by atoms with Gasteiger partial charge in [0.05, 0.1) is 24.8 Å². The number of aryl methyl sites for hydroxylation is 1. The molecule has 0 radical (unpaired) electrons. The van der Waals surface area contributed by atoms with Crippen LogP contribution in [0.2, 0.25) is 0 Å². The second-order valence-electron chi connectivity index (χ2n) is 7.50. The zero-order chi connectivity index (χ0) is 20.4. The second kappa shape index (κ2) is 8.21. The number of rotatable bonds is 4.